The van der Waals surface area contributed by atoms with Crippen LogP contribution in [0, 0.1) is 12.7 Å². The summed E-state index contributed by atoms with van der Waals surface area (Å²) >= 11 is 0.981. The van der Waals surface area contributed by atoms with E-state index in [4.69, 9.17) is 4.74 Å². The molecular weight excluding hydrogens is 389 g/mol. The highest BCUT2D eigenvalue weighted by molar-refractivity contribution is 7.93. The number of hydrogen-bond donors (Lipinski definition) is 1. The Bertz CT molecular complexity index is 1090. The Kier molecular flexibility index (Phi) is 5.29. The van der Waals surface area contributed by atoms with E-state index in [1.165, 1.54) is 25.3 Å². The third kappa shape index (κ3) is 4.01. The molecule has 140 valence electrons. The van der Waals surface area contributed by atoms with Crippen molar-refractivity contribution in [3.8, 4) is 11.1 Å². The third-order valence-electron chi connectivity index (χ3n) is 3.82. The van der Waals surface area contributed by atoms with E-state index >= 15 is 0 Å². The average molecular weight is 405 g/mol. The highest BCUT2D eigenvalue weighted by Crippen LogP contribution is 2.36. The summed E-state index contributed by atoms with van der Waals surface area (Å²) in [5, 5.41) is 1.59. The van der Waals surface area contributed by atoms with E-state index in [1.807, 2.05) is 19.1 Å². The number of carbonyl (C=O) groups is 1. The van der Waals surface area contributed by atoms with Crippen molar-refractivity contribution in [2.75, 3.05) is 11.8 Å². The van der Waals surface area contributed by atoms with E-state index in [9.17, 15) is 17.6 Å². The molecule has 0 saturated heterocycles. The second-order valence-corrected chi connectivity index (χ2v) is 8.28. The van der Waals surface area contributed by atoms with Crippen LogP contribution >= 0.6 is 11.3 Å². The lowest BCUT2D eigenvalue weighted by atomic mass is 10.1. The van der Waals surface area contributed by atoms with Gasteiger partial charge in [0.2, 0.25) is 0 Å². The van der Waals surface area contributed by atoms with Crippen LogP contribution in [0.15, 0.2) is 58.8 Å². The van der Waals surface area contributed by atoms with Gasteiger partial charge in [0.05, 0.1) is 12.8 Å². The van der Waals surface area contributed by atoms with Crippen molar-refractivity contribution in [1.29, 1.82) is 0 Å². The van der Waals surface area contributed by atoms with E-state index in [0.29, 0.717) is 11.1 Å². The fourth-order valence-electron chi connectivity index (χ4n) is 2.54. The SMILES string of the molecule is COC(=O)c1scc(-c2ccc(C)cc2)c1S(=O)(=O)Nc1cccc(F)c1. The molecule has 0 amide bonds. The lowest BCUT2D eigenvalue weighted by molar-refractivity contribution is 0.0602. The Balaban J connectivity index is 2.15. The van der Waals surface area contributed by atoms with E-state index in [-0.39, 0.29) is 15.5 Å². The largest absolute Gasteiger partial charge is 0.465 e. The molecule has 0 aliphatic carbocycles. The number of nitrogens with one attached hydrogen (secondary N) is 1. The van der Waals surface area contributed by atoms with Gasteiger partial charge < -0.3 is 4.74 Å². The van der Waals surface area contributed by atoms with Gasteiger partial charge in [-0.05, 0) is 30.7 Å². The molecule has 0 radical (unpaired) electrons. The molecule has 0 aliphatic heterocycles. The summed E-state index contributed by atoms with van der Waals surface area (Å²) in [5.74, 6) is -1.33. The molecular formula is C19H16FNO4S2. The van der Waals surface area contributed by atoms with Crippen LogP contribution in [0.5, 0.6) is 0 Å². The molecule has 5 nitrogen and oxygen atoms in total. The van der Waals surface area contributed by atoms with Crippen LogP contribution in [0.1, 0.15) is 15.2 Å². The van der Waals surface area contributed by atoms with Gasteiger partial charge in [-0.3, -0.25) is 4.72 Å². The normalized spacial score (nSPS) is 11.2. The summed E-state index contributed by atoms with van der Waals surface area (Å²) in [7, 11) is -2.98. The minimum absolute atomic E-state index is 0.0445. The Labute approximate surface area is 160 Å². The lowest BCUT2D eigenvalue weighted by Gasteiger charge is -2.11. The fourth-order valence-corrected chi connectivity index (χ4v) is 5.31. The highest BCUT2D eigenvalue weighted by Gasteiger charge is 2.30. The van der Waals surface area contributed by atoms with E-state index in [1.54, 1.807) is 17.5 Å². The van der Waals surface area contributed by atoms with Crippen molar-refractivity contribution in [1.82, 2.24) is 0 Å². The Morgan fingerprint density at radius 1 is 1.15 bits per heavy atom. The first-order valence-corrected chi connectivity index (χ1v) is 10.2. The van der Waals surface area contributed by atoms with Gasteiger partial charge in [0.25, 0.3) is 10.0 Å². The number of sulfonamides is 1. The number of ether oxygens (including phenoxy) is 1. The molecule has 3 aromatic rings. The average Bonchev–Trinajstić information content (AvgIpc) is 3.07. The van der Waals surface area contributed by atoms with Gasteiger partial charge in [-0.25, -0.2) is 17.6 Å². The number of aryl methyl sites for hydroxylation is 1. The quantitative estimate of drug-likeness (QED) is 0.637. The van der Waals surface area contributed by atoms with Crippen molar-refractivity contribution < 1.29 is 22.3 Å². The molecule has 0 bridgehead atoms. The minimum atomic E-state index is -4.17. The minimum Gasteiger partial charge on any atom is -0.465 e. The Morgan fingerprint density at radius 3 is 2.48 bits per heavy atom. The molecule has 0 spiro atoms. The van der Waals surface area contributed by atoms with E-state index < -0.39 is 21.8 Å². The molecule has 0 saturated carbocycles. The second-order valence-electron chi connectivity index (χ2n) is 5.78. The van der Waals surface area contributed by atoms with Crippen LogP contribution in [0.25, 0.3) is 11.1 Å². The van der Waals surface area contributed by atoms with Crippen molar-refractivity contribution in [3.05, 3.63) is 70.2 Å². The summed E-state index contributed by atoms with van der Waals surface area (Å²) < 4.78 is 46.6. The fraction of sp³-hybridized carbons (Fsp3) is 0.105. The monoisotopic (exact) mass is 405 g/mol. The van der Waals surface area contributed by atoms with Crippen molar-refractivity contribution in [2.24, 2.45) is 0 Å². The third-order valence-corrected chi connectivity index (χ3v) is 6.38. The molecule has 27 heavy (non-hydrogen) atoms. The van der Waals surface area contributed by atoms with Crippen LogP contribution in [-0.2, 0) is 14.8 Å². The molecule has 1 aromatic heterocycles. The summed E-state index contributed by atoms with van der Waals surface area (Å²) in [6.07, 6.45) is 0. The van der Waals surface area contributed by atoms with Crippen molar-refractivity contribution in [3.63, 3.8) is 0 Å². The maximum Gasteiger partial charge on any atom is 0.349 e. The predicted molar refractivity (Wildman–Crippen MR) is 103 cm³/mol. The summed E-state index contributed by atoms with van der Waals surface area (Å²) in [4.78, 5) is 11.9. The Morgan fingerprint density at radius 2 is 1.85 bits per heavy atom. The number of halogens is 1. The molecule has 0 aliphatic rings. The maximum absolute atomic E-state index is 13.4. The number of esters is 1. The van der Waals surface area contributed by atoms with Gasteiger partial charge in [-0.2, -0.15) is 0 Å². The number of carbonyl (C=O) groups excluding carboxylic acids is 1. The lowest BCUT2D eigenvalue weighted by Crippen LogP contribution is -2.16. The summed E-state index contributed by atoms with van der Waals surface area (Å²) in [5.41, 5.74) is 2.10. The smallest absolute Gasteiger partial charge is 0.349 e. The standard InChI is InChI=1S/C19H16FNO4S2/c1-12-6-8-13(9-7-12)16-11-26-17(19(22)25-2)18(16)27(23,24)21-15-5-3-4-14(20)10-15/h3-11,21H,1-2H3. The zero-order chi connectivity index (χ0) is 19.6. The number of methoxy groups -OCH3 is 1. The van der Waals surface area contributed by atoms with Gasteiger partial charge in [0, 0.05) is 10.9 Å². The Hall–Kier alpha value is -2.71. The molecule has 0 fully saturated rings. The van der Waals surface area contributed by atoms with E-state index in [0.717, 1.165) is 23.0 Å². The van der Waals surface area contributed by atoms with Gasteiger partial charge in [0.1, 0.15) is 15.6 Å². The predicted octanol–water partition coefficient (Wildman–Crippen LogP) is 4.45. The summed E-state index contributed by atoms with van der Waals surface area (Å²) in [6.45, 7) is 1.92. The van der Waals surface area contributed by atoms with Crippen LogP contribution in [-0.4, -0.2) is 21.5 Å². The van der Waals surface area contributed by atoms with Gasteiger partial charge in [0.15, 0.2) is 0 Å². The second kappa shape index (κ2) is 7.50. The first kappa shape index (κ1) is 19.1. The topological polar surface area (TPSA) is 72.5 Å². The number of rotatable bonds is 5. The molecule has 0 atom stereocenters. The van der Waals surface area contributed by atoms with Crippen molar-refractivity contribution >= 4 is 33.0 Å². The van der Waals surface area contributed by atoms with E-state index in [2.05, 4.69) is 4.72 Å². The number of anilines is 1. The van der Waals surface area contributed by atoms with Crippen molar-refractivity contribution in [2.45, 2.75) is 11.8 Å². The molecule has 2 aromatic carbocycles. The summed E-state index contributed by atoms with van der Waals surface area (Å²) in [6, 6.07) is 12.3. The first-order chi connectivity index (χ1) is 12.8. The zero-order valence-electron chi connectivity index (χ0n) is 14.5. The van der Waals surface area contributed by atoms with Gasteiger partial charge in [-0.1, -0.05) is 35.9 Å². The molecule has 3 rings (SSSR count). The molecule has 0 unspecified atom stereocenters. The number of benzene rings is 2. The maximum atomic E-state index is 13.4. The molecule has 8 heteroatoms. The van der Waals surface area contributed by atoms with Gasteiger partial charge in [-0.15, -0.1) is 11.3 Å². The number of thiophene rings is 1. The van der Waals surface area contributed by atoms with Gasteiger partial charge >= 0.3 is 5.97 Å². The molecule has 1 N–H and O–H groups in total. The highest BCUT2D eigenvalue weighted by atomic mass is 32.2. The first-order valence-electron chi connectivity index (χ1n) is 7.87. The van der Waals surface area contributed by atoms with Crippen LogP contribution in [0.4, 0.5) is 10.1 Å². The molecule has 1 heterocycles. The van der Waals surface area contributed by atoms with Crippen LogP contribution in [0.2, 0.25) is 0 Å². The van der Waals surface area contributed by atoms with Crippen LogP contribution in [0.3, 0.4) is 0 Å². The van der Waals surface area contributed by atoms with Crippen LogP contribution < -0.4 is 4.72 Å². The number of hydrogen-bond acceptors (Lipinski definition) is 5. The zero-order valence-corrected chi connectivity index (χ0v) is 16.2.